The fourth-order valence-corrected chi connectivity index (χ4v) is 5.29. The van der Waals surface area contributed by atoms with Gasteiger partial charge in [-0.3, -0.25) is 4.79 Å². The van der Waals surface area contributed by atoms with Crippen LogP contribution in [-0.4, -0.2) is 34.2 Å². The van der Waals surface area contributed by atoms with Gasteiger partial charge in [-0.15, -0.1) is 10.2 Å². The molecule has 0 atom stereocenters. The molecule has 4 aromatic rings. The lowest BCUT2D eigenvalue weighted by molar-refractivity contribution is -0.113. The molecule has 1 amide bonds. The number of carbonyl (C=O) groups is 1. The number of benzene rings is 3. The topological polar surface area (TPSA) is 93.9 Å². The fourth-order valence-electron chi connectivity index (χ4n) is 2.87. The molecule has 0 saturated carbocycles. The lowest BCUT2D eigenvalue weighted by atomic mass is 10.2. The summed E-state index contributed by atoms with van der Waals surface area (Å²) in [6.07, 6.45) is 0. The number of aromatic nitrogens is 3. The van der Waals surface area contributed by atoms with E-state index in [-0.39, 0.29) is 27.5 Å². The van der Waals surface area contributed by atoms with Gasteiger partial charge in [-0.05, 0) is 24.3 Å². The number of amides is 1. The molecule has 1 N–H and O–H groups in total. The molecular formula is C22H18N4O3S2. The fraction of sp³-hybridized carbons (Fsp3) is 0.0455. The van der Waals surface area contributed by atoms with E-state index >= 15 is 0 Å². The van der Waals surface area contributed by atoms with Crippen LogP contribution in [0.5, 0.6) is 0 Å². The number of nitrogens with one attached hydrogen (secondary N) is 1. The zero-order valence-electron chi connectivity index (χ0n) is 16.3. The van der Waals surface area contributed by atoms with E-state index in [4.69, 9.17) is 0 Å². The van der Waals surface area contributed by atoms with E-state index in [0.29, 0.717) is 11.3 Å². The summed E-state index contributed by atoms with van der Waals surface area (Å²) in [6.45, 7) is 0. The maximum Gasteiger partial charge on any atom is 0.271 e. The number of hydrogen-bond donors (Lipinski definition) is 1. The molecule has 0 saturated heterocycles. The highest BCUT2D eigenvalue weighted by molar-refractivity contribution is 8.00. The number of carbonyl (C=O) groups excluding carboxylic acids is 1. The maximum atomic E-state index is 13.4. The third-order valence-electron chi connectivity index (χ3n) is 4.30. The normalized spacial score (nSPS) is 11.2. The molecule has 0 bridgehead atoms. The zero-order chi connectivity index (χ0) is 21.7. The highest BCUT2D eigenvalue weighted by Crippen LogP contribution is 2.28. The molecule has 1 heterocycles. The van der Waals surface area contributed by atoms with Gasteiger partial charge in [0.15, 0.2) is 5.82 Å². The monoisotopic (exact) mass is 450 g/mol. The molecule has 1 aromatic heterocycles. The van der Waals surface area contributed by atoms with Crippen molar-refractivity contribution < 1.29 is 13.2 Å². The van der Waals surface area contributed by atoms with Crippen LogP contribution in [0.3, 0.4) is 0 Å². The molecule has 0 aliphatic rings. The summed E-state index contributed by atoms with van der Waals surface area (Å²) in [5.74, 6) is -0.105. The first-order valence-electron chi connectivity index (χ1n) is 9.35. The Bertz CT molecular complexity index is 1280. The van der Waals surface area contributed by atoms with E-state index in [1.165, 1.54) is 12.1 Å². The van der Waals surface area contributed by atoms with Crippen LogP contribution in [0.2, 0.25) is 0 Å². The maximum absolute atomic E-state index is 13.4. The smallest absolute Gasteiger partial charge is 0.271 e. The average molecular weight is 451 g/mol. The third kappa shape index (κ3) is 4.68. The molecule has 7 nitrogen and oxygen atoms in total. The van der Waals surface area contributed by atoms with E-state index in [1.54, 1.807) is 54.6 Å². The zero-order valence-corrected chi connectivity index (χ0v) is 17.9. The van der Waals surface area contributed by atoms with Gasteiger partial charge in [0, 0.05) is 11.3 Å². The minimum absolute atomic E-state index is 0.0217. The first kappa shape index (κ1) is 20.8. The Morgan fingerprint density at radius 2 is 1.42 bits per heavy atom. The lowest BCUT2D eigenvalue weighted by Crippen LogP contribution is -2.18. The molecule has 9 heteroatoms. The Hall–Kier alpha value is -3.43. The van der Waals surface area contributed by atoms with Gasteiger partial charge in [0.2, 0.25) is 11.1 Å². The molecule has 0 radical (unpaired) electrons. The molecular weight excluding hydrogens is 432 g/mol. The largest absolute Gasteiger partial charge is 0.325 e. The number of anilines is 1. The van der Waals surface area contributed by atoms with E-state index in [1.807, 2.05) is 24.3 Å². The Balaban J connectivity index is 1.67. The van der Waals surface area contributed by atoms with Gasteiger partial charge < -0.3 is 5.32 Å². The van der Waals surface area contributed by atoms with Crippen LogP contribution in [0.1, 0.15) is 0 Å². The summed E-state index contributed by atoms with van der Waals surface area (Å²) in [7, 11) is -3.97. The van der Waals surface area contributed by atoms with Crippen molar-refractivity contribution in [1.29, 1.82) is 0 Å². The van der Waals surface area contributed by atoms with Crippen LogP contribution in [-0.2, 0) is 14.8 Å². The molecule has 156 valence electrons. The minimum Gasteiger partial charge on any atom is -0.325 e. The standard InChI is InChI=1S/C22H18N4O3S2/c27-20(23-18-12-6-2-7-13-18)16-30-22-25-24-21(17-10-4-1-5-11-17)26(22)31(28,29)19-14-8-3-9-15-19/h1-15H,16H2,(H,23,27). The highest BCUT2D eigenvalue weighted by atomic mass is 32.2. The average Bonchev–Trinajstić information content (AvgIpc) is 3.24. The summed E-state index contributed by atoms with van der Waals surface area (Å²) in [5, 5.41) is 11.1. The van der Waals surface area contributed by atoms with Gasteiger partial charge >= 0.3 is 0 Å². The molecule has 31 heavy (non-hydrogen) atoms. The molecule has 3 aromatic carbocycles. The SMILES string of the molecule is O=C(CSc1nnc(-c2ccccc2)n1S(=O)(=O)c1ccccc1)Nc1ccccc1. The van der Waals surface area contributed by atoms with Crippen LogP contribution in [0.4, 0.5) is 5.69 Å². The van der Waals surface area contributed by atoms with Gasteiger partial charge in [0.05, 0.1) is 10.6 Å². The van der Waals surface area contributed by atoms with Gasteiger partial charge in [-0.25, -0.2) is 8.42 Å². The summed E-state index contributed by atoms with van der Waals surface area (Å²) in [5.41, 5.74) is 1.27. The molecule has 0 aliphatic heterocycles. The summed E-state index contributed by atoms with van der Waals surface area (Å²) >= 11 is 1.01. The van der Waals surface area contributed by atoms with Crippen molar-refractivity contribution in [2.24, 2.45) is 0 Å². The predicted octanol–water partition coefficient (Wildman–Crippen LogP) is 3.91. The number of para-hydroxylation sites is 1. The summed E-state index contributed by atoms with van der Waals surface area (Å²) in [4.78, 5) is 12.5. The Kier molecular flexibility index (Phi) is 6.15. The van der Waals surface area contributed by atoms with E-state index in [2.05, 4.69) is 15.5 Å². The van der Waals surface area contributed by atoms with Crippen LogP contribution in [0.15, 0.2) is 101 Å². The van der Waals surface area contributed by atoms with Crippen LogP contribution < -0.4 is 5.32 Å². The predicted molar refractivity (Wildman–Crippen MR) is 120 cm³/mol. The number of thioether (sulfide) groups is 1. The molecule has 0 spiro atoms. The summed E-state index contributed by atoms with van der Waals surface area (Å²) in [6, 6.07) is 26.1. The van der Waals surface area contributed by atoms with Crippen molar-refractivity contribution in [3.8, 4) is 11.4 Å². The number of nitrogens with zero attached hydrogens (tertiary/aromatic N) is 3. The Labute approximate surface area is 184 Å². The van der Waals surface area contributed by atoms with Crippen molar-refractivity contribution in [3.05, 3.63) is 91.0 Å². The first-order valence-corrected chi connectivity index (χ1v) is 11.8. The van der Waals surface area contributed by atoms with E-state index in [0.717, 1.165) is 15.7 Å². The van der Waals surface area contributed by atoms with E-state index in [9.17, 15) is 13.2 Å². The van der Waals surface area contributed by atoms with Crippen LogP contribution in [0.25, 0.3) is 11.4 Å². The van der Waals surface area contributed by atoms with Crippen LogP contribution >= 0.6 is 11.8 Å². The van der Waals surface area contributed by atoms with Crippen molar-refractivity contribution in [3.63, 3.8) is 0 Å². The minimum atomic E-state index is -3.97. The van der Waals surface area contributed by atoms with Crippen molar-refractivity contribution in [2.45, 2.75) is 10.1 Å². The second-order valence-corrected chi connectivity index (χ2v) is 9.19. The summed E-state index contributed by atoms with van der Waals surface area (Å²) < 4.78 is 27.9. The second kappa shape index (κ2) is 9.15. The molecule has 0 unspecified atom stereocenters. The Morgan fingerprint density at radius 1 is 0.839 bits per heavy atom. The molecule has 0 fully saturated rings. The van der Waals surface area contributed by atoms with Gasteiger partial charge in [0.25, 0.3) is 10.0 Å². The Morgan fingerprint density at radius 3 is 2.06 bits per heavy atom. The van der Waals surface area contributed by atoms with E-state index < -0.39 is 10.0 Å². The van der Waals surface area contributed by atoms with Gasteiger partial charge in [0.1, 0.15) is 0 Å². The van der Waals surface area contributed by atoms with Crippen molar-refractivity contribution in [1.82, 2.24) is 14.2 Å². The number of hydrogen-bond acceptors (Lipinski definition) is 6. The highest BCUT2D eigenvalue weighted by Gasteiger charge is 2.27. The lowest BCUT2D eigenvalue weighted by Gasteiger charge is -2.11. The molecule has 4 rings (SSSR count). The number of rotatable bonds is 7. The second-order valence-electron chi connectivity index (χ2n) is 6.46. The van der Waals surface area contributed by atoms with Gasteiger partial charge in [-0.1, -0.05) is 78.5 Å². The third-order valence-corrected chi connectivity index (χ3v) is 7.04. The quantitative estimate of drug-likeness (QED) is 0.429. The first-order chi connectivity index (χ1) is 15.1. The van der Waals surface area contributed by atoms with Gasteiger partial charge in [-0.2, -0.15) is 3.97 Å². The molecule has 0 aliphatic carbocycles. The van der Waals surface area contributed by atoms with Crippen LogP contribution in [0, 0.1) is 0 Å². The van der Waals surface area contributed by atoms with Crippen molar-refractivity contribution >= 4 is 33.4 Å². The van der Waals surface area contributed by atoms with Crippen molar-refractivity contribution in [2.75, 3.05) is 11.1 Å².